The maximum Gasteiger partial charge on any atom is 0.162 e. The van der Waals surface area contributed by atoms with E-state index in [1.54, 1.807) is 6.92 Å². The topological polar surface area (TPSA) is 35.6 Å². The first-order chi connectivity index (χ1) is 30.1. The molecule has 7 aromatic carbocycles. The predicted octanol–water partition coefficient (Wildman–Crippen LogP) is 15.4. The molecule has 0 saturated heterocycles. The standard InChI is InChI=1S/C59H64N3O/c1-14-61(58-41(9)30-37(5)31-42(58)10)48-24-20-46(21-25-48)56(47-22-26-49(27-23-47)62(15-2)59-43(11)32-38(6)33-44(59)12)52-28-29-54(51-19-17-16-18-50(51)52)60-57-40(8)34-39(7)53(45(57)13)35-55(63)36(3)4/h16-34,60H,3,14-15,35H2,1-2,4-13H3/q+1. The van der Waals surface area contributed by atoms with Crippen molar-refractivity contribution < 1.29 is 4.79 Å². The Hall–Kier alpha value is -6.52. The first kappa shape index (κ1) is 44.5. The summed E-state index contributed by atoms with van der Waals surface area (Å²) in [5.74, 6) is 1.25. The lowest BCUT2D eigenvalue weighted by atomic mass is 9.82. The minimum atomic E-state index is 0.0699. The van der Waals surface area contributed by atoms with Crippen LogP contribution >= 0.6 is 0 Å². The molecule has 4 nitrogen and oxygen atoms in total. The number of nitrogens with one attached hydrogen (secondary N) is 1. The molecule has 0 atom stereocenters. The molecule has 0 bridgehead atoms. The van der Waals surface area contributed by atoms with E-state index in [2.05, 4.69) is 213 Å². The highest BCUT2D eigenvalue weighted by atomic mass is 16.1. The maximum absolute atomic E-state index is 12.9. The Morgan fingerprint density at radius 1 is 0.571 bits per heavy atom. The number of rotatable bonds is 14. The summed E-state index contributed by atoms with van der Waals surface area (Å²) >= 11 is 0. The van der Waals surface area contributed by atoms with Crippen molar-refractivity contribution in [3.05, 3.63) is 206 Å². The van der Waals surface area contributed by atoms with E-state index in [0.29, 0.717) is 12.0 Å². The van der Waals surface area contributed by atoms with E-state index in [1.165, 1.54) is 62.0 Å². The highest BCUT2D eigenvalue weighted by Crippen LogP contribution is 2.42. The van der Waals surface area contributed by atoms with Gasteiger partial charge in [-0.05, 0) is 206 Å². The van der Waals surface area contributed by atoms with Gasteiger partial charge in [0.15, 0.2) is 5.78 Å². The highest BCUT2D eigenvalue weighted by Gasteiger charge is 2.28. The molecule has 7 rings (SSSR count). The summed E-state index contributed by atoms with van der Waals surface area (Å²) in [5, 5.41) is 6.14. The number of anilines is 6. The molecule has 0 fully saturated rings. The SMILES string of the molecule is C=C(C)C(=O)Cc1c(C)cc(C)c(Nc2ccc([C+](c3ccc(N(CC)c4c(C)cc(C)cc4C)cc3)c3ccc(N(CC)c4c(C)cc(C)cc4C)cc3)c3ccccc23)c1C. The van der Waals surface area contributed by atoms with Crippen LogP contribution in [0.2, 0.25) is 0 Å². The van der Waals surface area contributed by atoms with Crippen LogP contribution in [0.1, 0.15) is 93.1 Å². The molecule has 63 heavy (non-hydrogen) atoms. The zero-order valence-corrected chi connectivity index (χ0v) is 39.6. The normalized spacial score (nSPS) is 11.2. The van der Waals surface area contributed by atoms with Gasteiger partial charge >= 0.3 is 0 Å². The van der Waals surface area contributed by atoms with E-state index < -0.39 is 0 Å². The van der Waals surface area contributed by atoms with Gasteiger partial charge < -0.3 is 15.1 Å². The van der Waals surface area contributed by atoms with E-state index in [9.17, 15) is 4.79 Å². The smallest absolute Gasteiger partial charge is 0.162 e. The minimum absolute atomic E-state index is 0.0699. The average Bonchev–Trinajstić information content (AvgIpc) is 3.24. The molecular weight excluding hydrogens is 767 g/mol. The minimum Gasteiger partial charge on any atom is -0.354 e. The number of carbonyl (C=O) groups is 1. The van der Waals surface area contributed by atoms with Gasteiger partial charge in [-0.3, -0.25) is 4.79 Å². The summed E-state index contributed by atoms with van der Waals surface area (Å²) in [4.78, 5) is 17.8. The zero-order valence-electron chi connectivity index (χ0n) is 39.6. The number of hydrogen-bond donors (Lipinski definition) is 1. The van der Waals surface area contributed by atoms with Crippen LogP contribution in [-0.2, 0) is 11.2 Å². The number of allylic oxidation sites excluding steroid dienone is 1. The second kappa shape index (κ2) is 18.4. The van der Waals surface area contributed by atoms with Crippen LogP contribution in [0.25, 0.3) is 10.8 Å². The van der Waals surface area contributed by atoms with E-state index in [1.807, 2.05) is 0 Å². The third-order valence-corrected chi connectivity index (χ3v) is 12.8. The molecule has 0 aliphatic rings. The van der Waals surface area contributed by atoms with Crippen LogP contribution in [0, 0.1) is 68.2 Å². The Labute approximate surface area is 377 Å². The summed E-state index contributed by atoms with van der Waals surface area (Å²) in [5.41, 5.74) is 23.2. The van der Waals surface area contributed by atoms with Crippen LogP contribution in [0.3, 0.4) is 0 Å². The summed E-state index contributed by atoms with van der Waals surface area (Å²) in [6.45, 7) is 31.5. The molecule has 0 radical (unpaired) electrons. The van der Waals surface area contributed by atoms with Gasteiger partial charge in [0.05, 0.1) is 39.7 Å². The number of benzene rings is 7. The van der Waals surface area contributed by atoms with Crippen LogP contribution in [0.4, 0.5) is 34.1 Å². The molecule has 320 valence electrons. The molecule has 0 spiro atoms. The number of aryl methyl sites for hydroxylation is 8. The molecule has 7 aromatic rings. The van der Waals surface area contributed by atoms with Gasteiger partial charge in [-0.1, -0.05) is 60.2 Å². The van der Waals surface area contributed by atoms with Crippen molar-refractivity contribution in [2.45, 2.75) is 89.5 Å². The third-order valence-electron chi connectivity index (χ3n) is 12.8. The van der Waals surface area contributed by atoms with Crippen molar-refractivity contribution >= 4 is 50.7 Å². The van der Waals surface area contributed by atoms with Gasteiger partial charge in [0, 0.05) is 47.3 Å². The van der Waals surface area contributed by atoms with Crippen LogP contribution in [0.15, 0.2) is 127 Å². The Kier molecular flexibility index (Phi) is 13.0. The molecule has 0 amide bonds. The lowest BCUT2D eigenvalue weighted by molar-refractivity contribution is -0.114. The molecule has 0 unspecified atom stereocenters. The fraction of sp³-hybridized carbons (Fsp3) is 0.254. The number of ketones is 1. The van der Waals surface area contributed by atoms with Crippen molar-refractivity contribution in [2.75, 3.05) is 28.2 Å². The van der Waals surface area contributed by atoms with Gasteiger partial charge in [-0.25, -0.2) is 0 Å². The van der Waals surface area contributed by atoms with Crippen molar-refractivity contribution in [1.82, 2.24) is 0 Å². The lowest BCUT2D eigenvalue weighted by Gasteiger charge is -2.28. The van der Waals surface area contributed by atoms with Crippen molar-refractivity contribution in [3.8, 4) is 0 Å². The first-order valence-corrected chi connectivity index (χ1v) is 22.5. The monoisotopic (exact) mass is 831 g/mol. The molecule has 1 N–H and O–H groups in total. The summed E-state index contributed by atoms with van der Waals surface area (Å²) < 4.78 is 0. The molecule has 0 heterocycles. The van der Waals surface area contributed by atoms with Crippen molar-refractivity contribution in [3.63, 3.8) is 0 Å². The first-order valence-electron chi connectivity index (χ1n) is 22.5. The van der Waals surface area contributed by atoms with Crippen LogP contribution in [-0.4, -0.2) is 18.9 Å². The van der Waals surface area contributed by atoms with Gasteiger partial charge in [-0.2, -0.15) is 0 Å². The van der Waals surface area contributed by atoms with Gasteiger partial charge in [-0.15, -0.1) is 0 Å². The third kappa shape index (κ3) is 8.91. The Morgan fingerprint density at radius 2 is 1.03 bits per heavy atom. The average molecular weight is 831 g/mol. The van der Waals surface area contributed by atoms with Crippen molar-refractivity contribution in [1.29, 1.82) is 0 Å². The molecule has 0 saturated carbocycles. The maximum atomic E-state index is 12.9. The molecule has 0 aliphatic carbocycles. The summed E-state index contributed by atoms with van der Waals surface area (Å²) in [7, 11) is 0. The Balaban J connectivity index is 1.35. The van der Waals surface area contributed by atoms with Crippen LogP contribution in [0.5, 0.6) is 0 Å². The fourth-order valence-electron chi connectivity index (χ4n) is 9.99. The zero-order chi connectivity index (χ0) is 45.3. The summed E-state index contributed by atoms with van der Waals surface area (Å²) in [6, 6.07) is 42.9. The predicted molar refractivity (Wildman–Crippen MR) is 272 cm³/mol. The Morgan fingerprint density at radius 3 is 1.48 bits per heavy atom. The number of nitrogens with zero attached hydrogens (tertiary/aromatic N) is 2. The van der Waals surface area contributed by atoms with E-state index in [-0.39, 0.29) is 5.78 Å². The molecule has 0 aliphatic heterocycles. The van der Waals surface area contributed by atoms with Gasteiger partial charge in [0.2, 0.25) is 0 Å². The molecular formula is C59H64N3O+. The fourth-order valence-corrected chi connectivity index (χ4v) is 9.99. The van der Waals surface area contributed by atoms with E-state index in [0.717, 1.165) is 74.2 Å². The lowest BCUT2D eigenvalue weighted by Crippen LogP contribution is -2.19. The number of Topliss-reactive ketones (excluding diaryl/α,β-unsaturated/α-hetero) is 1. The largest absolute Gasteiger partial charge is 0.354 e. The Bertz CT molecular complexity index is 2690. The molecule has 4 heteroatoms. The number of hydrogen-bond acceptors (Lipinski definition) is 4. The van der Waals surface area contributed by atoms with E-state index in [4.69, 9.17) is 0 Å². The quantitative estimate of drug-likeness (QED) is 0.0673. The second-order valence-electron chi connectivity index (χ2n) is 17.7. The number of carbonyl (C=O) groups excluding carboxylic acids is 1. The van der Waals surface area contributed by atoms with Crippen LogP contribution < -0.4 is 15.1 Å². The van der Waals surface area contributed by atoms with Crippen molar-refractivity contribution in [2.24, 2.45) is 0 Å². The van der Waals surface area contributed by atoms with Gasteiger partial charge in [0.1, 0.15) is 0 Å². The van der Waals surface area contributed by atoms with E-state index >= 15 is 0 Å². The van der Waals surface area contributed by atoms with Gasteiger partial charge in [0.25, 0.3) is 0 Å². The highest BCUT2D eigenvalue weighted by molar-refractivity contribution is 6.00. The summed E-state index contributed by atoms with van der Waals surface area (Å²) in [6.07, 6.45) is 0.345. The number of fused-ring (bicyclic) bond motifs is 1. The molecule has 0 aromatic heterocycles. The second-order valence-corrected chi connectivity index (χ2v) is 17.7.